The molecule has 0 saturated carbocycles. The van der Waals surface area contributed by atoms with Gasteiger partial charge in [0, 0.05) is 24.9 Å². The van der Waals surface area contributed by atoms with E-state index in [0.717, 1.165) is 31.2 Å². The van der Waals surface area contributed by atoms with Crippen LogP contribution in [0.15, 0.2) is 12.1 Å². The van der Waals surface area contributed by atoms with Gasteiger partial charge in [0.1, 0.15) is 15.4 Å². The van der Waals surface area contributed by atoms with Gasteiger partial charge in [0.15, 0.2) is 5.78 Å². The second kappa shape index (κ2) is 6.57. The Balaban J connectivity index is 2.00. The van der Waals surface area contributed by atoms with E-state index in [-0.39, 0.29) is 11.7 Å². The summed E-state index contributed by atoms with van der Waals surface area (Å²) in [5.74, 6) is -0.0969. The summed E-state index contributed by atoms with van der Waals surface area (Å²) >= 11 is 7.72. The predicted molar refractivity (Wildman–Crippen MR) is 93.6 cm³/mol. The molecule has 3 rings (SSSR count). The Kier molecular flexibility index (Phi) is 4.69. The molecule has 1 atom stereocenters. The topological polar surface area (TPSA) is 50.3 Å². The van der Waals surface area contributed by atoms with Crippen molar-refractivity contribution in [2.45, 2.75) is 45.6 Å². The van der Waals surface area contributed by atoms with E-state index in [1.165, 1.54) is 24.7 Å². The maximum atomic E-state index is 12.9. The van der Waals surface area contributed by atoms with Crippen molar-refractivity contribution in [1.82, 2.24) is 9.88 Å². The molecule has 2 aromatic heterocycles. The van der Waals surface area contributed by atoms with Gasteiger partial charge in [0.25, 0.3) is 5.91 Å². The third kappa shape index (κ3) is 3.00. The Bertz CT molecular complexity index is 771. The monoisotopic (exact) mass is 350 g/mol. The molecule has 6 heteroatoms. The summed E-state index contributed by atoms with van der Waals surface area (Å²) < 4.78 is 0. The van der Waals surface area contributed by atoms with Crippen molar-refractivity contribution in [2.75, 3.05) is 6.54 Å². The van der Waals surface area contributed by atoms with Gasteiger partial charge in [-0.2, -0.15) is 0 Å². The normalized spacial score (nSPS) is 18.4. The highest BCUT2D eigenvalue weighted by molar-refractivity contribution is 7.21. The van der Waals surface area contributed by atoms with Crippen LogP contribution in [0.3, 0.4) is 0 Å². The molecule has 0 aromatic carbocycles. The van der Waals surface area contributed by atoms with Gasteiger partial charge in [0.2, 0.25) is 0 Å². The van der Waals surface area contributed by atoms with Crippen molar-refractivity contribution in [1.29, 1.82) is 0 Å². The van der Waals surface area contributed by atoms with Crippen LogP contribution in [-0.4, -0.2) is 34.2 Å². The van der Waals surface area contributed by atoms with Crippen LogP contribution < -0.4 is 0 Å². The van der Waals surface area contributed by atoms with E-state index >= 15 is 0 Å². The second-order valence-electron chi connectivity index (χ2n) is 5.91. The standard InChI is InChI=1S/C17H19ClN2O2S/c1-3-11-6-4-5-9-20(11)17(22)15-14(18)12-7-8-13(10(2)21)19-16(12)23-15/h7-8,11H,3-6,9H2,1-2H3/t11-/m0/s1. The number of likely N-dealkylation sites (tertiary alicyclic amines) is 1. The van der Waals surface area contributed by atoms with E-state index in [4.69, 9.17) is 11.6 Å². The van der Waals surface area contributed by atoms with Crippen LogP contribution in [0.1, 0.15) is 59.7 Å². The molecule has 0 radical (unpaired) electrons. The third-order valence-electron chi connectivity index (χ3n) is 4.41. The van der Waals surface area contributed by atoms with Crippen molar-refractivity contribution in [3.8, 4) is 0 Å². The minimum absolute atomic E-state index is 0.00562. The van der Waals surface area contributed by atoms with Gasteiger partial charge in [-0.25, -0.2) is 4.98 Å². The van der Waals surface area contributed by atoms with E-state index in [1.54, 1.807) is 12.1 Å². The van der Waals surface area contributed by atoms with E-state index < -0.39 is 0 Å². The number of piperidine rings is 1. The Hall–Kier alpha value is -1.46. The summed E-state index contributed by atoms with van der Waals surface area (Å²) in [7, 11) is 0. The average Bonchev–Trinajstić information content (AvgIpc) is 2.90. The number of ketones is 1. The molecule has 1 aliphatic heterocycles. The summed E-state index contributed by atoms with van der Waals surface area (Å²) in [5.41, 5.74) is 0.402. The minimum Gasteiger partial charge on any atom is -0.335 e. The van der Waals surface area contributed by atoms with Gasteiger partial charge >= 0.3 is 0 Å². The first-order chi connectivity index (χ1) is 11.0. The molecular weight excluding hydrogens is 332 g/mol. The molecule has 0 unspecified atom stereocenters. The lowest BCUT2D eigenvalue weighted by atomic mass is 10.00. The molecule has 0 bridgehead atoms. The zero-order valence-electron chi connectivity index (χ0n) is 13.3. The molecule has 23 heavy (non-hydrogen) atoms. The number of halogens is 1. The average molecular weight is 351 g/mol. The summed E-state index contributed by atoms with van der Waals surface area (Å²) in [5, 5.41) is 1.20. The minimum atomic E-state index is -0.0913. The first-order valence-electron chi connectivity index (χ1n) is 7.94. The van der Waals surface area contributed by atoms with Crippen molar-refractivity contribution in [3.63, 3.8) is 0 Å². The van der Waals surface area contributed by atoms with Crippen LogP contribution in [0.2, 0.25) is 5.02 Å². The second-order valence-corrected chi connectivity index (χ2v) is 7.28. The van der Waals surface area contributed by atoms with Crippen LogP contribution in [0, 0.1) is 0 Å². The highest BCUT2D eigenvalue weighted by Gasteiger charge is 2.29. The maximum Gasteiger partial charge on any atom is 0.265 e. The molecule has 2 aromatic rings. The summed E-state index contributed by atoms with van der Waals surface area (Å²) in [6, 6.07) is 3.73. The zero-order valence-corrected chi connectivity index (χ0v) is 14.8. The number of pyridine rings is 1. The summed E-state index contributed by atoms with van der Waals surface area (Å²) in [4.78, 5) is 31.9. The first-order valence-corrected chi connectivity index (χ1v) is 9.13. The molecule has 1 saturated heterocycles. The molecule has 1 fully saturated rings. The van der Waals surface area contributed by atoms with Crippen molar-refractivity contribution in [3.05, 3.63) is 27.7 Å². The molecular formula is C17H19ClN2O2S. The van der Waals surface area contributed by atoms with Gasteiger partial charge in [-0.3, -0.25) is 9.59 Å². The fourth-order valence-corrected chi connectivity index (χ4v) is 4.53. The summed E-state index contributed by atoms with van der Waals surface area (Å²) in [6.45, 7) is 4.38. The van der Waals surface area contributed by atoms with Gasteiger partial charge in [0.05, 0.1) is 5.02 Å². The van der Waals surface area contributed by atoms with Gasteiger partial charge < -0.3 is 4.90 Å². The van der Waals surface area contributed by atoms with E-state index in [1.807, 2.05) is 4.90 Å². The van der Waals surface area contributed by atoms with Crippen LogP contribution in [0.4, 0.5) is 0 Å². The Labute approximate surface area is 144 Å². The number of nitrogens with zero attached hydrogens (tertiary/aromatic N) is 2. The van der Waals surface area contributed by atoms with Crippen LogP contribution >= 0.6 is 22.9 Å². The fraction of sp³-hybridized carbons (Fsp3) is 0.471. The number of Topliss-reactive ketones (excluding diaryl/α,β-unsaturated/α-hetero) is 1. The van der Waals surface area contributed by atoms with Crippen molar-refractivity contribution < 1.29 is 9.59 Å². The van der Waals surface area contributed by atoms with Gasteiger partial charge in [-0.05, 0) is 37.8 Å². The fourth-order valence-electron chi connectivity index (χ4n) is 3.11. The zero-order chi connectivity index (χ0) is 16.6. The highest BCUT2D eigenvalue weighted by Crippen LogP contribution is 2.36. The Morgan fingerprint density at radius 2 is 2.17 bits per heavy atom. The van der Waals surface area contributed by atoms with Crippen molar-refractivity contribution in [2.24, 2.45) is 0 Å². The van der Waals surface area contributed by atoms with E-state index in [9.17, 15) is 9.59 Å². The van der Waals surface area contributed by atoms with E-state index in [2.05, 4.69) is 11.9 Å². The van der Waals surface area contributed by atoms with Gasteiger partial charge in [-0.1, -0.05) is 18.5 Å². The number of carbonyl (C=O) groups is 2. The molecule has 3 heterocycles. The molecule has 4 nitrogen and oxygen atoms in total. The smallest absolute Gasteiger partial charge is 0.265 e. The Morgan fingerprint density at radius 3 is 2.87 bits per heavy atom. The molecule has 122 valence electrons. The summed E-state index contributed by atoms with van der Waals surface area (Å²) in [6.07, 6.45) is 4.22. The lowest BCUT2D eigenvalue weighted by Crippen LogP contribution is -2.43. The number of hydrogen-bond donors (Lipinski definition) is 0. The Morgan fingerprint density at radius 1 is 1.39 bits per heavy atom. The number of fused-ring (bicyclic) bond motifs is 1. The third-order valence-corrected chi connectivity index (χ3v) is 6.00. The largest absolute Gasteiger partial charge is 0.335 e. The molecule has 0 spiro atoms. The number of hydrogen-bond acceptors (Lipinski definition) is 4. The van der Waals surface area contributed by atoms with Crippen LogP contribution in [0.25, 0.3) is 10.2 Å². The lowest BCUT2D eigenvalue weighted by molar-refractivity contribution is 0.0613. The predicted octanol–water partition coefficient (Wildman–Crippen LogP) is 4.56. The SMILES string of the molecule is CC[C@H]1CCCCN1C(=O)c1sc2nc(C(C)=O)ccc2c1Cl. The number of aromatic nitrogens is 1. The number of thiophene rings is 1. The number of carbonyl (C=O) groups excluding carboxylic acids is 2. The van der Waals surface area contributed by atoms with Gasteiger partial charge in [-0.15, -0.1) is 11.3 Å². The number of rotatable bonds is 3. The van der Waals surface area contributed by atoms with E-state index in [0.29, 0.717) is 26.5 Å². The maximum absolute atomic E-state index is 12.9. The first kappa shape index (κ1) is 16.4. The quantitative estimate of drug-likeness (QED) is 0.762. The van der Waals surface area contributed by atoms with Crippen LogP contribution in [-0.2, 0) is 0 Å². The molecule has 0 N–H and O–H groups in total. The lowest BCUT2D eigenvalue weighted by Gasteiger charge is -2.35. The number of amides is 1. The van der Waals surface area contributed by atoms with Crippen LogP contribution in [0.5, 0.6) is 0 Å². The molecule has 0 aliphatic carbocycles. The molecule has 1 aliphatic rings. The van der Waals surface area contributed by atoms with Crippen molar-refractivity contribution >= 4 is 44.8 Å². The molecule has 1 amide bonds. The highest BCUT2D eigenvalue weighted by atomic mass is 35.5.